The van der Waals surface area contributed by atoms with E-state index in [4.69, 9.17) is 10.00 Å². The van der Waals surface area contributed by atoms with Crippen molar-refractivity contribution in [3.8, 4) is 6.07 Å². The SMILES string of the molecule is C[C@@H](OC(=O)Cc1ccc2ccccc2c1)C(=O)Nc1ccc(C#N)cc1. The summed E-state index contributed by atoms with van der Waals surface area (Å²) >= 11 is 0. The van der Waals surface area contributed by atoms with Crippen molar-refractivity contribution in [2.75, 3.05) is 5.32 Å². The lowest BCUT2D eigenvalue weighted by molar-refractivity contribution is -0.152. The maximum Gasteiger partial charge on any atom is 0.311 e. The number of rotatable bonds is 5. The molecular formula is C22H18N2O3. The fourth-order valence-electron chi connectivity index (χ4n) is 2.68. The molecule has 1 atom stereocenters. The average Bonchev–Trinajstić information content (AvgIpc) is 2.68. The summed E-state index contributed by atoms with van der Waals surface area (Å²) in [4.78, 5) is 24.3. The van der Waals surface area contributed by atoms with Gasteiger partial charge in [0.25, 0.3) is 5.91 Å². The molecule has 134 valence electrons. The number of carbonyl (C=O) groups excluding carboxylic acids is 2. The molecule has 0 saturated heterocycles. The number of carbonyl (C=O) groups is 2. The summed E-state index contributed by atoms with van der Waals surface area (Å²) in [5, 5.41) is 13.6. The van der Waals surface area contributed by atoms with Gasteiger partial charge >= 0.3 is 5.97 Å². The summed E-state index contributed by atoms with van der Waals surface area (Å²) in [6.07, 6.45) is -0.826. The molecule has 0 saturated carbocycles. The van der Waals surface area contributed by atoms with Gasteiger partial charge in [0.05, 0.1) is 18.1 Å². The van der Waals surface area contributed by atoms with Crippen molar-refractivity contribution in [3.63, 3.8) is 0 Å². The summed E-state index contributed by atoms with van der Waals surface area (Å²) in [5.41, 5.74) is 1.87. The molecule has 0 radical (unpaired) electrons. The zero-order chi connectivity index (χ0) is 19.2. The van der Waals surface area contributed by atoms with Crippen LogP contribution in [0.5, 0.6) is 0 Å². The van der Waals surface area contributed by atoms with Crippen LogP contribution in [-0.4, -0.2) is 18.0 Å². The lowest BCUT2D eigenvalue weighted by Gasteiger charge is -2.14. The number of anilines is 1. The molecule has 3 rings (SSSR count). The van der Waals surface area contributed by atoms with E-state index in [1.807, 2.05) is 48.5 Å². The fraction of sp³-hybridized carbons (Fsp3) is 0.136. The quantitative estimate of drug-likeness (QED) is 0.703. The number of nitrogens with one attached hydrogen (secondary N) is 1. The number of nitriles is 1. The molecule has 0 fully saturated rings. The van der Waals surface area contributed by atoms with Crippen LogP contribution >= 0.6 is 0 Å². The van der Waals surface area contributed by atoms with Gasteiger partial charge in [0.1, 0.15) is 0 Å². The second kappa shape index (κ2) is 8.15. The predicted molar refractivity (Wildman–Crippen MR) is 103 cm³/mol. The molecule has 27 heavy (non-hydrogen) atoms. The Kier molecular flexibility index (Phi) is 5.48. The molecule has 0 aromatic heterocycles. The van der Waals surface area contributed by atoms with Crippen LogP contribution in [0.25, 0.3) is 10.8 Å². The second-order valence-electron chi connectivity index (χ2n) is 6.17. The highest BCUT2D eigenvalue weighted by molar-refractivity contribution is 5.95. The van der Waals surface area contributed by atoms with Crippen molar-refractivity contribution in [1.82, 2.24) is 0 Å². The van der Waals surface area contributed by atoms with Crippen LogP contribution in [0, 0.1) is 11.3 Å². The van der Waals surface area contributed by atoms with E-state index in [1.165, 1.54) is 6.92 Å². The Morgan fingerprint density at radius 2 is 1.74 bits per heavy atom. The van der Waals surface area contributed by atoms with E-state index in [-0.39, 0.29) is 6.42 Å². The maximum atomic E-state index is 12.2. The topological polar surface area (TPSA) is 79.2 Å². The minimum absolute atomic E-state index is 0.0965. The van der Waals surface area contributed by atoms with E-state index < -0.39 is 18.0 Å². The summed E-state index contributed by atoms with van der Waals surface area (Å²) < 4.78 is 5.24. The van der Waals surface area contributed by atoms with E-state index in [0.717, 1.165) is 16.3 Å². The molecule has 0 aliphatic heterocycles. The monoisotopic (exact) mass is 358 g/mol. The van der Waals surface area contributed by atoms with Gasteiger partial charge in [0.15, 0.2) is 6.10 Å². The van der Waals surface area contributed by atoms with Gasteiger partial charge in [-0.05, 0) is 47.5 Å². The predicted octanol–water partition coefficient (Wildman–Crippen LogP) is 3.82. The highest BCUT2D eigenvalue weighted by Crippen LogP contribution is 2.16. The van der Waals surface area contributed by atoms with Crippen molar-refractivity contribution >= 4 is 28.3 Å². The first-order valence-electron chi connectivity index (χ1n) is 8.53. The van der Waals surface area contributed by atoms with Gasteiger partial charge in [-0.1, -0.05) is 42.5 Å². The van der Waals surface area contributed by atoms with Crippen molar-refractivity contribution in [2.24, 2.45) is 0 Å². The third-order valence-electron chi connectivity index (χ3n) is 4.12. The van der Waals surface area contributed by atoms with Crippen LogP contribution in [0.4, 0.5) is 5.69 Å². The number of hydrogen-bond acceptors (Lipinski definition) is 4. The molecule has 1 N–H and O–H groups in total. The van der Waals surface area contributed by atoms with Gasteiger partial charge < -0.3 is 10.1 Å². The molecule has 5 heteroatoms. The fourth-order valence-corrected chi connectivity index (χ4v) is 2.68. The normalized spacial score (nSPS) is 11.4. The number of ether oxygens (including phenoxy) is 1. The summed E-state index contributed by atoms with van der Waals surface area (Å²) in [6.45, 7) is 1.53. The lowest BCUT2D eigenvalue weighted by Crippen LogP contribution is -2.30. The standard InChI is InChI=1S/C22H18N2O3/c1-15(22(26)24-20-10-7-16(14-23)8-11-20)27-21(25)13-17-6-9-18-4-2-3-5-19(18)12-17/h2-12,15H,13H2,1H3,(H,24,26)/t15-/m1/s1. The average molecular weight is 358 g/mol. The number of esters is 1. The maximum absolute atomic E-state index is 12.2. The largest absolute Gasteiger partial charge is 0.452 e. The third kappa shape index (κ3) is 4.71. The Hall–Kier alpha value is -3.65. The van der Waals surface area contributed by atoms with Crippen molar-refractivity contribution in [1.29, 1.82) is 5.26 Å². The van der Waals surface area contributed by atoms with Gasteiger partial charge in [0, 0.05) is 5.69 Å². The molecule has 0 unspecified atom stereocenters. The zero-order valence-electron chi connectivity index (χ0n) is 14.8. The van der Waals surface area contributed by atoms with Crippen molar-refractivity contribution in [3.05, 3.63) is 77.9 Å². The van der Waals surface area contributed by atoms with Crippen LogP contribution in [0.3, 0.4) is 0 Å². The molecule has 1 amide bonds. The summed E-state index contributed by atoms with van der Waals surface area (Å²) in [7, 11) is 0. The molecule has 0 spiro atoms. The Balaban J connectivity index is 1.57. The molecule has 0 heterocycles. The van der Waals surface area contributed by atoms with Crippen LogP contribution < -0.4 is 5.32 Å². The second-order valence-corrected chi connectivity index (χ2v) is 6.17. The highest BCUT2D eigenvalue weighted by atomic mass is 16.5. The molecule has 3 aromatic carbocycles. The highest BCUT2D eigenvalue weighted by Gasteiger charge is 2.18. The van der Waals surface area contributed by atoms with E-state index in [9.17, 15) is 9.59 Å². The molecule has 0 aliphatic rings. The Morgan fingerprint density at radius 1 is 1.04 bits per heavy atom. The van der Waals surface area contributed by atoms with E-state index in [2.05, 4.69) is 5.32 Å². The van der Waals surface area contributed by atoms with Gasteiger partial charge in [-0.25, -0.2) is 0 Å². The Labute approximate surface area is 157 Å². The smallest absolute Gasteiger partial charge is 0.311 e. The van der Waals surface area contributed by atoms with Gasteiger partial charge in [0.2, 0.25) is 0 Å². The first kappa shape index (κ1) is 18.2. The summed E-state index contributed by atoms with van der Waals surface area (Å²) in [5.74, 6) is -0.890. The van der Waals surface area contributed by atoms with Gasteiger partial charge in [-0.3, -0.25) is 9.59 Å². The number of hydrogen-bond donors (Lipinski definition) is 1. The molecule has 3 aromatic rings. The van der Waals surface area contributed by atoms with E-state index in [0.29, 0.717) is 11.3 Å². The Morgan fingerprint density at radius 3 is 2.44 bits per heavy atom. The van der Waals surface area contributed by atoms with Crippen LogP contribution in [-0.2, 0) is 20.7 Å². The lowest BCUT2D eigenvalue weighted by atomic mass is 10.1. The van der Waals surface area contributed by atoms with Crippen molar-refractivity contribution in [2.45, 2.75) is 19.4 Å². The minimum atomic E-state index is -0.923. The molecule has 0 bridgehead atoms. The molecule has 5 nitrogen and oxygen atoms in total. The number of fused-ring (bicyclic) bond motifs is 1. The molecular weight excluding hydrogens is 340 g/mol. The first-order valence-corrected chi connectivity index (χ1v) is 8.53. The first-order chi connectivity index (χ1) is 13.0. The summed E-state index contributed by atoms with van der Waals surface area (Å²) in [6, 6.07) is 22.1. The molecule has 0 aliphatic carbocycles. The van der Waals surface area contributed by atoms with E-state index in [1.54, 1.807) is 24.3 Å². The van der Waals surface area contributed by atoms with Crippen LogP contribution in [0.1, 0.15) is 18.1 Å². The third-order valence-corrected chi connectivity index (χ3v) is 4.12. The van der Waals surface area contributed by atoms with Crippen molar-refractivity contribution < 1.29 is 14.3 Å². The van der Waals surface area contributed by atoms with Crippen LogP contribution in [0.15, 0.2) is 66.7 Å². The van der Waals surface area contributed by atoms with Gasteiger partial charge in [-0.2, -0.15) is 5.26 Å². The Bertz CT molecular complexity index is 1020. The number of nitrogens with zero attached hydrogens (tertiary/aromatic N) is 1. The van der Waals surface area contributed by atoms with E-state index >= 15 is 0 Å². The van der Waals surface area contributed by atoms with Gasteiger partial charge in [-0.15, -0.1) is 0 Å². The van der Waals surface area contributed by atoms with Crippen LogP contribution in [0.2, 0.25) is 0 Å². The number of amides is 1. The zero-order valence-corrected chi connectivity index (χ0v) is 14.8. The minimum Gasteiger partial charge on any atom is -0.452 e. The number of benzene rings is 3.